The molecule has 1 saturated heterocycles. The van der Waals surface area contributed by atoms with Crippen molar-refractivity contribution in [2.75, 3.05) is 24.5 Å². The van der Waals surface area contributed by atoms with Gasteiger partial charge in [-0.1, -0.05) is 11.6 Å². The molecule has 1 fully saturated rings. The number of rotatable bonds is 7. The molecule has 1 atom stereocenters. The quantitative estimate of drug-likeness (QED) is 0.344. The maximum absolute atomic E-state index is 13.2. The summed E-state index contributed by atoms with van der Waals surface area (Å²) >= 11 is 5.94. The lowest BCUT2D eigenvalue weighted by Crippen LogP contribution is -2.57. The summed E-state index contributed by atoms with van der Waals surface area (Å²) in [7, 11) is 0. The number of benzene rings is 1. The molecule has 15 heteroatoms. The molecular weight excluding hydrogens is 551 g/mol. The molecule has 2 N–H and O–H groups in total. The minimum Gasteiger partial charge on any atom is -0.382 e. The highest BCUT2D eigenvalue weighted by Gasteiger charge is 2.39. The highest BCUT2D eigenvalue weighted by Crippen LogP contribution is 2.27. The van der Waals surface area contributed by atoms with Gasteiger partial charge in [-0.3, -0.25) is 9.55 Å². The monoisotopic (exact) mass is 577 g/mol. The number of hydrogen-bond donors (Lipinski definition) is 2. The number of hydrogen-bond acceptors (Lipinski definition) is 8. The van der Waals surface area contributed by atoms with E-state index in [-0.39, 0.29) is 23.7 Å². The number of nitrogens with zero attached hydrogens (tertiary/aromatic N) is 8. The molecule has 0 bridgehead atoms. The minimum absolute atomic E-state index is 0.0553. The Morgan fingerprint density at radius 2 is 1.90 bits per heavy atom. The van der Waals surface area contributed by atoms with Crippen LogP contribution in [0.4, 0.5) is 18.9 Å². The first-order chi connectivity index (χ1) is 18.9. The van der Waals surface area contributed by atoms with Gasteiger partial charge in [0.1, 0.15) is 18.6 Å². The predicted molar refractivity (Wildman–Crippen MR) is 142 cm³/mol. The molecule has 1 aliphatic heterocycles. The van der Waals surface area contributed by atoms with E-state index in [1.807, 2.05) is 6.07 Å². The van der Waals surface area contributed by atoms with Crippen molar-refractivity contribution >= 4 is 17.3 Å². The van der Waals surface area contributed by atoms with Gasteiger partial charge in [-0.2, -0.15) is 13.2 Å². The third kappa shape index (κ3) is 5.88. The Morgan fingerprint density at radius 3 is 2.60 bits per heavy atom. The summed E-state index contributed by atoms with van der Waals surface area (Å²) in [6.07, 6.45) is -2.82. The molecule has 4 aromatic rings. The van der Waals surface area contributed by atoms with Gasteiger partial charge in [-0.25, -0.2) is 19.1 Å². The largest absolute Gasteiger partial charge is 0.416 e. The average Bonchev–Trinajstić information content (AvgIpc) is 3.48. The summed E-state index contributed by atoms with van der Waals surface area (Å²) in [5, 5.41) is 22.3. The zero-order valence-electron chi connectivity index (χ0n) is 21.7. The predicted octanol–water partition coefficient (Wildman–Crippen LogP) is 2.50. The van der Waals surface area contributed by atoms with Crippen LogP contribution in [-0.4, -0.2) is 76.7 Å². The maximum atomic E-state index is 13.2. The first kappa shape index (κ1) is 27.8. The van der Waals surface area contributed by atoms with Crippen LogP contribution in [0.25, 0.3) is 17.1 Å². The van der Waals surface area contributed by atoms with Gasteiger partial charge in [0.25, 0.3) is 0 Å². The van der Waals surface area contributed by atoms with Crippen LogP contribution in [-0.2, 0) is 13.1 Å². The lowest BCUT2D eigenvalue weighted by molar-refractivity contribution is -0.207. The average molecular weight is 578 g/mol. The molecule has 0 spiro atoms. The van der Waals surface area contributed by atoms with Crippen molar-refractivity contribution < 1.29 is 18.3 Å². The Balaban J connectivity index is 1.46. The normalized spacial score (nSPS) is 16.3. The third-order valence-electron chi connectivity index (χ3n) is 6.53. The number of nitrogens with one attached hydrogen (secondary N) is 1. The van der Waals surface area contributed by atoms with Crippen LogP contribution in [0.5, 0.6) is 0 Å². The van der Waals surface area contributed by atoms with Crippen molar-refractivity contribution in [3.63, 3.8) is 0 Å². The van der Waals surface area contributed by atoms with E-state index in [1.54, 1.807) is 17.1 Å². The van der Waals surface area contributed by atoms with Gasteiger partial charge in [0.15, 0.2) is 17.8 Å². The van der Waals surface area contributed by atoms with Gasteiger partial charge < -0.3 is 15.3 Å². The fourth-order valence-electron chi connectivity index (χ4n) is 4.59. The first-order valence-corrected chi connectivity index (χ1v) is 12.8. The van der Waals surface area contributed by atoms with E-state index in [0.29, 0.717) is 16.3 Å². The molecule has 0 saturated carbocycles. The first-order valence-electron chi connectivity index (χ1n) is 12.4. The Hall–Kier alpha value is -3.75. The lowest BCUT2D eigenvalue weighted by atomic mass is 10.0. The van der Waals surface area contributed by atoms with Crippen LogP contribution in [0, 0.1) is 0 Å². The Bertz CT molecular complexity index is 1550. The van der Waals surface area contributed by atoms with Gasteiger partial charge >= 0.3 is 11.9 Å². The van der Waals surface area contributed by atoms with Crippen molar-refractivity contribution in [1.29, 1.82) is 0 Å². The molecule has 1 aliphatic rings. The third-order valence-corrected chi connectivity index (χ3v) is 6.78. The fourth-order valence-corrected chi connectivity index (χ4v) is 4.71. The second-order valence-electron chi connectivity index (χ2n) is 10.1. The van der Waals surface area contributed by atoms with Crippen molar-refractivity contribution in [1.82, 2.24) is 39.4 Å². The van der Waals surface area contributed by atoms with Crippen LogP contribution in [0.3, 0.4) is 0 Å². The Labute approximate surface area is 231 Å². The van der Waals surface area contributed by atoms with Crippen LogP contribution in [0.15, 0.2) is 53.8 Å². The van der Waals surface area contributed by atoms with Gasteiger partial charge in [0.2, 0.25) is 0 Å². The van der Waals surface area contributed by atoms with E-state index in [4.69, 9.17) is 11.6 Å². The number of aliphatic hydroxyl groups is 1. The number of aromatic nitrogens is 7. The molecule has 1 aromatic carbocycles. The molecule has 3 aromatic heterocycles. The minimum atomic E-state index is -4.92. The molecule has 0 amide bonds. The molecule has 4 heterocycles. The van der Waals surface area contributed by atoms with E-state index >= 15 is 0 Å². The number of halogens is 4. The molecule has 212 valence electrons. The Kier molecular flexibility index (Phi) is 7.42. The van der Waals surface area contributed by atoms with Crippen LogP contribution >= 0.6 is 11.6 Å². The van der Waals surface area contributed by atoms with E-state index in [0.717, 1.165) is 34.6 Å². The zero-order valence-corrected chi connectivity index (χ0v) is 22.4. The topological polar surface area (TPSA) is 119 Å². The molecule has 0 aliphatic carbocycles. The highest BCUT2D eigenvalue weighted by atomic mass is 35.5. The summed E-state index contributed by atoms with van der Waals surface area (Å²) in [4.78, 5) is 23.9. The summed E-state index contributed by atoms with van der Waals surface area (Å²) in [5.74, 6) is 0.154. The molecule has 11 nitrogen and oxygen atoms in total. The number of pyridine rings is 1. The summed E-state index contributed by atoms with van der Waals surface area (Å²) in [6.45, 7) is 5.36. The summed E-state index contributed by atoms with van der Waals surface area (Å²) < 4.78 is 42.7. The van der Waals surface area contributed by atoms with Crippen molar-refractivity contribution in [2.45, 2.75) is 44.8 Å². The Morgan fingerprint density at radius 1 is 1.15 bits per heavy atom. The molecule has 0 radical (unpaired) electrons. The standard InChI is InChI=1S/C25H27ClF3N9O2/c1-24(2)14-35(10-9-32-24)18-7-8-30-11-19(18)38-15-31-21(33-38)13-37-23(40)36(12-20(39)25(27,28)29)22(34-37)16-3-5-17(26)6-4-16/h3-8,11,15,20,32,39H,9-10,12-14H2,1-2H3. The van der Waals surface area contributed by atoms with Gasteiger partial charge in [-0.15, -0.1) is 10.2 Å². The molecular formula is C25H27ClF3N9O2. The zero-order chi connectivity index (χ0) is 28.7. The number of anilines is 1. The molecule has 1 unspecified atom stereocenters. The van der Waals surface area contributed by atoms with Gasteiger partial charge in [0.05, 0.1) is 18.4 Å². The van der Waals surface area contributed by atoms with Crippen LogP contribution in [0.2, 0.25) is 5.02 Å². The van der Waals surface area contributed by atoms with E-state index < -0.39 is 24.5 Å². The smallest absolute Gasteiger partial charge is 0.382 e. The summed E-state index contributed by atoms with van der Waals surface area (Å²) in [5.41, 5.74) is 1.01. The van der Waals surface area contributed by atoms with E-state index in [9.17, 15) is 23.1 Å². The van der Waals surface area contributed by atoms with Crippen LogP contribution < -0.4 is 15.9 Å². The fraction of sp³-hybridized carbons (Fsp3) is 0.400. The molecule has 5 rings (SSSR count). The maximum Gasteiger partial charge on any atom is 0.416 e. The van der Waals surface area contributed by atoms with Gasteiger partial charge in [-0.05, 0) is 44.2 Å². The van der Waals surface area contributed by atoms with Crippen molar-refractivity contribution in [3.05, 3.63) is 70.4 Å². The SMILES string of the molecule is CC1(C)CN(c2ccncc2-n2cnc(Cn3nc(-c4ccc(Cl)cc4)n(CC(O)C(F)(F)F)c3=O)n2)CCN1. The number of alkyl halides is 3. The number of aliphatic hydroxyl groups excluding tert-OH is 1. The summed E-state index contributed by atoms with van der Waals surface area (Å²) in [6, 6.07) is 8.01. The van der Waals surface area contributed by atoms with E-state index in [1.165, 1.54) is 30.6 Å². The number of piperazine rings is 1. The van der Waals surface area contributed by atoms with Crippen LogP contribution in [0.1, 0.15) is 19.7 Å². The van der Waals surface area contributed by atoms with E-state index in [2.05, 4.69) is 44.2 Å². The van der Waals surface area contributed by atoms with Gasteiger partial charge in [0, 0.05) is 42.0 Å². The second-order valence-corrected chi connectivity index (χ2v) is 10.6. The lowest BCUT2D eigenvalue weighted by Gasteiger charge is -2.40. The van der Waals surface area contributed by atoms with Crippen molar-refractivity contribution in [3.8, 4) is 17.1 Å². The highest BCUT2D eigenvalue weighted by molar-refractivity contribution is 6.30. The molecule has 40 heavy (non-hydrogen) atoms. The van der Waals surface area contributed by atoms with Crippen molar-refractivity contribution in [2.24, 2.45) is 0 Å². The second kappa shape index (κ2) is 10.7.